The Kier molecular flexibility index (Phi) is 4.44. The number of nitrogens with zero attached hydrogens (tertiary/aromatic N) is 2. The molecule has 2 aromatic heterocycles. The molecule has 0 radical (unpaired) electrons. The van der Waals surface area contributed by atoms with Crippen molar-refractivity contribution in [3.63, 3.8) is 0 Å². The minimum absolute atomic E-state index is 0.0584. The maximum Gasteiger partial charge on any atom is 0.312 e. The number of urea groups is 1. The lowest BCUT2D eigenvalue weighted by molar-refractivity contribution is -0.144. The van der Waals surface area contributed by atoms with Gasteiger partial charge < -0.3 is 26.3 Å². The summed E-state index contributed by atoms with van der Waals surface area (Å²) >= 11 is 0. The summed E-state index contributed by atoms with van der Waals surface area (Å²) in [6.07, 6.45) is 6.08. The number of nitrogens with one attached hydrogen (secondary N) is 3. The van der Waals surface area contributed by atoms with Crippen LogP contribution in [0, 0.1) is 5.41 Å². The molecule has 1 saturated heterocycles. The van der Waals surface area contributed by atoms with Gasteiger partial charge in [-0.2, -0.15) is 0 Å². The van der Waals surface area contributed by atoms with Crippen molar-refractivity contribution in [3.05, 3.63) is 30.1 Å². The molecule has 2 fully saturated rings. The highest BCUT2D eigenvalue weighted by atomic mass is 16.2. The zero-order valence-corrected chi connectivity index (χ0v) is 15.7. The smallest absolute Gasteiger partial charge is 0.312 e. The minimum Gasteiger partial charge on any atom is -0.352 e. The molecule has 2 unspecified atom stereocenters. The predicted octanol–water partition coefficient (Wildman–Crippen LogP) is 0.731. The molecule has 4 amide bonds. The molecule has 1 saturated carbocycles. The highest BCUT2D eigenvalue weighted by Gasteiger charge is 2.50. The van der Waals surface area contributed by atoms with Crippen molar-refractivity contribution >= 4 is 28.9 Å². The number of hydrogen-bond acceptors (Lipinski definition) is 4. The SMILES string of the molecule is CC(NC(N)=O)C(=O)N1CC2(CCC(NC(=O)c3cnc4[nH]ccc4c3)C2)C1. The Morgan fingerprint density at radius 1 is 1.39 bits per heavy atom. The molecule has 5 N–H and O–H groups in total. The van der Waals surface area contributed by atoms with Crippen molar-refractivity contribution in [3.8, 4) is 0 Å². The Bertz CT molecular complexity index is 933. The molecule has 4 rings (SSSR count). The molecule has 1 spiro atoms. The number of amides is 4. The topological polar surface area (TPSA) is 133 Å². The fourth-order valence-corrected chi connectivity index (χ4v) is 4.42. The summed E-state index contributed by atoms with van der Waals surface area (Å²) in [7, 11) is 0. The molecule has 148 valence electrons. The summed E-state index contributed by atoms with van der Waals surface area (Å²) in [6.45, 7) is 2.94. The molecule has 3 heterocycles. The quantitative estimate of drug-likeness (QED) is 0.618. The normalized spacial score (nSPS) is 21.3. The molecule has 1 aliphatic heterocycles. The minimum atomic E-state index is -0.702. The highest BCUT2D eigenvalue weighted by Crippen LogP contribution is 2.45. The van der Waals surface area contributed by atoms with E-state index in [1.807, 2.05) is 12.1 Å². The fraction of sp³-hybridized carbons (Fsp3) is 0.474. The van der Waals surface area contributed by atoms with Crippen LogP contribution in [0.1, 0.15) is 36.5 Å². The summed E-state index contributed by atoms with van der Waals surface area (Å²) < 4.78 is 0. The number of carbonyl (C=O) groups excluding carboxylic acids is 3. The van der Waals surface area contributed by atoms with Gasteiger partial charge in [0.1, 0.15) is 11.7 Å². The number of rotatable bonds is 4. The third-order valence-electron chi connectivity index (χ3n) is 5.79. The molecule has 28 heavy (non-hydrogen) atoms. The second-order valence-electron chi connectivity index (χ2n) is 7.98. The monoisotopic (exact) mass is 384 g/mol. The lowest BCUT2D eigenvalue weighted by atomic mass is 9.77. The number of aromatic nitrogens is 2. The number of likely N-dealkylation sites (tertiary alicyclic amines) is 1. The van der Waals surface area contributed by atoms with E-state index in [4.69, 9.17) is 5.73 Å². The van der Waals surface area contributed by atoms with E-state index in [1.54, 1.807) is 24.2 Å². The predicted molar refractivity (Wildman–Crippen MR) is 102 cm³/mol. The van der Waals surface area contributed by atoms with Crippen molar-refractivity contribution in [1.82, 2.24) is 25.5 Å². The number of fused-ring (bicyclic) bond motifs is 1. The Labute approximate surface area is 162 Å². The van der Waals surface area contributed by atoms with Crippen LogP contribution in [0.15, 0.2) is 24.5 Å². The molecule has 2 atom stereocenters. The first-order valence-electron chi connectivity index (χ1n) is 9.44. The van der Waals surface area contributed by atoms with Gasteiger partial charge in [-0.1, -0.05) is 0 Å². The third-order valence-corrected chi connectivity index (χ3v) is 5.79. The zero-order chi connectivity index (χ0) is 19.9. The van der Waals surface area contributed by atoms with Crippen LogP contribution in [0.25, 0.3) is 11.0 Å². The molecular formula is C19H24N6O3. The van der Waals surface area contributed by atoms with Gasteiger partial charge in [-0.3, -0.25) is 9.59 Å². The van der Waals surface area contributed by atoms with Crippen LogP contribution < -0.4 is 16.4 Å². The van der Waals surface area contributed by atoms with Gasteiger partial charge in [0.05, 0.1) is 5.56 Å². The van der Waals surface area contributed by atoms with Crippen molar-refractivity contribution in [2.75, 3.05) is 13.1 Å². The highest BCUT2D eigenvalue weighted by molar-refractivity contribution is 5.97. The molecule has 9 heteroatoms. The molecule has 9 nitrogen and oxygen atoms in total. The summed E-state index contributed by atoms with van der Waals surface area (Å²) in [6, 6.07) is 2.48. The van der Waals surface area contributed by atoms with Crippen LogP contribution in [0.4, 0.5) is 4.79 Å². The number of carbonyl (C=O) groups is 3. The Hall–Kier alpha value is -3.10. The van der Waals surface area contributed by atoms with E-state index >= 15 is 0 Å². The Morgan fingerprint density at radius 2 is 2.18 bits per heavy atom. The second-order valence-corrected chi connectivity index (χ2v) is 7.98. The van der Waals surface area contributed by atoms with Gasteiger partial charge >= 0.3 is 6.03 Å². The van der Waals surface area contributed by atoms with Crippen molar-refractivity contribution in [1.29, 1.82) is 0 Å². The second kappa shape index (κ2) is 6.81. The largest absolute Gasteiger partial charge is 0.352 e. The summed E-state index contributed by atoms with van der Waals surface area (Å²) in [5.74, 6) is -0.244. The van der Waals surface area contributed by atoms with E-state index in [-0.39, 0.29) is 23.3 Å². The number of H-pyrrole nitrogens is 1. The van der Waals surface area contributed by atoms with E-state index in [0.717, 1.165) is 30.3 Å². The van der Waals surface area contributed by atoms with E-state index in [2.05, 4.69) is 20.6 Å². The number of hydrogen-bond donors (Lipinski definition) is 4. The van der Waals surface area contributed by atoms with Gasteiger partial charge in [0.25, 0.3) is 5.91 Å². The molecular weight excluding hydrogens is 360 g/mol. The van der Waals surface area contributed by atoms with E-state index in [0.29, 0.717) is 18.7 Å². The lowest BCUT2D eigenvalue weighted by Crippen LogP contribution is -2.61. The molecule has 0 bridgehead atoms. The van der Waals surface area contributed by atoms with Gasteiger partial charge in [-0.05, 0) is 38.3 Å². The van der Waals surface area contributed by atoms with E-state index < -0.39 is 12.1 Å². The number of nitrogens with two attached hydrogens (primary N) is 1. The van der Waals surface area contributed by atoms with Gasteiger partial charge in [0, 0.05) is 42.3 Å². The number of aromatic amines is 1. The summed E-state index contributed by atoms with van der Waals surface area (Å²) in [4.78, 5) is 44.8. The van der Waals surface area contributed by atoms with Crippen LogP contribution >= 0.6 is 0 Å². The maximum atomic E-state index is 12.6. The zero-order valence-electron chi connectivity index (χ0n) is 15.7. The number of primary amides is 1. The molecule has 0 aromatic carbocycles. The average Bonchev–Trinajstić information content (AvgIpc) is 3.25. The Balaban J connectivity index is 1.30. The van der Waals surface area contributed by atoms with E-state index in [1.165, 1.54) is 0 Å². The van der Waals surface area contributed by atoms with Crippen LogP contribution in [0.3, 0.4) is 0 Å². The van der Waals surface area contributed by atoms with Crippen LogP contribution in [-0.2, 0) is 4.79 Å². The van der Waals surface area contributed by atoms with Gasteiger partial charge in [0.15, 0.2) is 0 Å². The first-order chi connectivity index (χ1) is 13.3. The van der Waals surface area contributed by atoms with E-state index in [9.17, 15) is 14.4 Å². The van der Waals surface area contributed by atoms with Crippen molar-refractivity contribution in [2.24, 2.45) is 11.1 Å². The molecule has 2 aliphatic rings. The fourth-order valence-electron chi connectivity index (χ4n) is 4.42. The third kappa shape index (κ3) is 3.39. The first kappa shape index (κ1) is 18.3. The van der Waals surface area contributed by atoms with Crippen molar-refractivity contribution < 1.29 is 14.4 Å². The van der Waals surface area contributed by atoms with Crippen molar-refractivity contribution in [2.45, 2.75) is 38.3 Å². The summed E-state index contributed by atoms with van der Waals surface area (Å²) in [5.41, 5.74) is 6.44. The number of pyridine rings is 1. The molecule has 2 aromatic rings. The lowest BCUT2D eigenvalue weighted by Gasteiger charge is -2.49. The van der Waals surface area contributed by atoms with Gasteiger partial charge in [0.2, 0.25) is 5.91 Å². The van der Waals surface area contributed by atoms with Gasteiger partial charge in [-0.15, -0.1) is 0 Å². The first-order valence-corrected chi connectivity index (χ1v) is 9.44. The van der Waals surface area contributed by atoms with Gasteiger partial charge in [-0.25, -0.2) is 9.78 Å². The van der Waals surface area contributed by atoms with Crippen LogP contribution in [0.5, 0.6) is 0 Å². The maximum absolute atomic E-state index is 12.6. The summed E-state index contributed by atoms with van der Waals surface area (Å²) in [5, 5.41) is 6.42. The molecule has 1 aliphatic carbocycles. The van der Waals surface area contributed by atoms with Crippen LogP contribution in [-0.4, -0.2) is 57.9 Å². The average molecular weight is 384 g/mol. The Morgan fingerprint density at radius 3 is 2.93 bits per heavy atom. The standard InChI is InChI=1S/C19H24N6O3/c1-11(23-18(20)28)17(27)25-9-19(10-25)4-2-14(7-19)24-16(26)13-6-12-3-5-21-15(12)22-8-13/h3,5-6,8,11,14H,2,4,7,9-10H2,1H3,(H,21,22)(H,24,26)(H3,20,23,28). The van der Waals surface area contributed by atoms with Crippen LogP contribution in [0.2, 0.25) is 0 Å².